The Hall–Kier alpha value is -3.09. The Morgan fingerprint density at radius 1 is 1.10 bits per heavy atom. The monoisotopic (exact) mass is 398 g/mol. The second-order valence-corrected chi connectivity index (χ2v) is 7.48. The number of hydrogen-bond donors (Lipinski definition) is 3. The van der Waals surface area contributed by atoms with Gasteiger partial charge in [0.05, 0.1) is 0 Å². The van der Waals surface area contributed by atoms with Crippen molar-refractivity contribution in [2.75, 3.05) is 11.9 Å². The second-order valence-electron chi connectivity index (χ2n) is 7.48. The first kappa shape index (κ1) is 20.6. The van der Waals surface area contributed by atoms with Crippen molar-refractivity contribution in [3.8, 4) is 5.75 Å². The number of aliphatic carboxylic acids is 1. The number of ether oxygens (including phenoxy) is 1. The summed E-state index contributed by atoms with van der Waals surface area (Å²) < 4.78 is 5.34. The topological polar surface area (TPSA) is 105 Å². The van der Waals surface area contributed by atoms with E-state index >= 15 is 0 Å². The summed E-state index contributed by atoms with van der Waals surface area (Å²) in [5, 5.41) is 16.1. The van der Waals surface area contributed by atoms with Crippen LogP contribution in [-0.2, 0) is 14.4 Å². The fourth-order valence-corrected chi connectivity index (χ4v) is 3.72. The molecule has 0 spiro atoms. The molecule has 2 amide bonds. The quantitative estimate of drug-likeness (QED) is 0.633. The van der Waals surface area contributed by atoms with Crippen molar-refractivity contribution in [2.24, 2.45) is 5.92 Å². The van der Waals surface area contributed by atoms with Gasteiger partial charge in [-0.05, 0) is 31.9 Å². The molecule has 0 aromatic heterocycles. The van der Waals surface area contributed by atoms with Gasteiger partial charge >= 0.3 is 5.97 Å². The molecule has 1 aliphatic carbocycles. The molecule has 3 rings (SSSR count). The summed E-state index contributed by atoms with van der Waals surface area (Å²) in [6, 6.07) is 10.4. The van der Waals surface area contributed by atoms with Gasteiger partial charge in [-0.25, -0.2) is 4.79 Å². The molecule has 7 nitrogen and oxygen atoms in total. The first-order valence-corrected chi connectivity index (χ1v) is 9.90. The third-order valence-electron chi connectivity index (χ3n) is 5.12. The normalized spacial score (nSPS) is 15.1. The SMILES string of the molecule is CC(CC(=O)Nc1ccc(OCC(=O)O)c2ccccc12)NC(=O)C1CCCC1. The number of anilines is 1. The standard InChI is InChI=1S/C22H26N2O5/c1-14(23-22(28)15-6-2-3-7-15)12-20(25)24-18-10-11-19(29-13-21(26)27)17-9-5-4-8-16(17)18/h4-5,8-11,14-15H,2-3,6-7,12-13H2,1H3,(H,23,28)(H,24,25)(H,26,27). The van der Waals surface area contributed by atoms with E-state index in [4.69, 9.17) is 9.84 Å². The van der Waals surface area contributed by atoms with E-state index in [1.165, 1.54) is 0 Å². The van der Waals surface area contributed by atoms with Crippen LogP contribution in [-0.4, -0.2) is 35.5 Å². The summed E-state index contributed by atoms with van der Waals surface area (Å²) in [4.78, 5) is 35.5. The van der Waals surface area contributed by atoms with Gasteiger partial charge in [-0.2, -0.15) is 0 Å². The van der Waals surface area contributed by atoms with E-state index in [1.54, 1.807) is 12.1 Å². The first-order valence-electron chi connectivity index (χ1n) is 9.90. The van der Waals surface area contributed by atoms with E-state index in [0.29, 0.717) is 16.8 Å². The number of nitrogens with one attached hydrogen (secondary N) is 2. The van der Waals surface area contributed by atoms with Gasteiger partial charge in [-0.1, -0.05) is 37.1 Å². The predicted molar refractivity (Wildman–Crippen MR) is 110 cm³/mol. The highest BCUT2D eigenvalue weighted by Gasteiger charge is 2.24. The Balaban J connectivity index is 1.64. The minimum absolute atomic E-state index is 0.0354. The molecule has 1 saturated carbocycles. The second kappa shape index (κ2) is 9.41. The Kier molecular flexibility index (Phi) is 6.69. The maximum Gasteiger partial charge on any atom is 0.341 e. The fourth-order valence-electron chi connectivity index (χ4n) is 3.72. The number of carbonyl (C=O) groups is 3. The van der Waals surface area contributed by atoms with Gasteiger partial charge in [0.25, 0.3) is 0 Å². The lowest BCUT2D eigenvalue weighted by Gasteiger charge is -2.17. The van der Waals surface area contributed by atoms with Gasteiger partial charge in [-0.15, -0.1) is 0 Å². The zero-order valence-corrected chi connectivity index (χ0v) is 16.4. The Morgan fingerprint density at radius 2 is 1.79 bits per heavy atom. The predicted octanol–water partition coefficient (Wildman–Crippen LogP) is 3.33. The van der Waals surface area contributed by atoms with Crippen LogP contribution in [0.3, 0.4) is 0 Å². The molecule has 1 aliphatic rings. The molecule has 1 atom stereocenters. The number of carbonyl (C=O) groups excluding carboxylic acids is 2. The van der Waals surface area contributed by atoms with E-state index in [1.807, 2.05) is 31.2 Å². The number of rotatable bonds is 8. The minimum atomic E-state index is -1.06. The first-order chi connectivity index (χ1) is 13.9. The van der Waals surface area contributed by atoms with Crippen LogP contribution in [0.5, 0.6) is 5.75 Å². The van der Waals surface area contributed by atoms with Gasteiger partial charge in [0.2, 0.25) is 11.8 Å². The molecule has 0 aliphatic heterocycles. The number of amides is 2. The van der Waals surface area contributed by atoms with Crippen LogP contribution in [0.4, 0.5) is 5.69 Å². The maximum absolute atomic E-state index is 12.5. The van der Waals surface area contributed by atoms with E-state index in [0.717, 1.165) is 31.1 Å². The molecule has 0 saturated heterocycles. The van der Waals surface area contributed by atoms with Crippen molar-refractivity contribution in [1.82, 2.24) is 5.32 Å². The highest BCUT2D eigenvalue weighted by Crippen LogP contribution is 2.32. The number of carboxylic acid groups (broad SMARTS) is 1. The van der Waals surface area contributed by atoms with Crippen LogP contribution in [0, 0.1) is 5.92 Å². The van der Waals surface area contributed by atoms with E-state index in [9.17, 15) is 14.4 Å². The van der Waals surface area contributed by atoms with Crippen LogP contribution >= 0.6 is 0 Å². The summed E-state index contributed by atoms with van der Waals surface area (Å²) in [5.74, 6) is -0.706. The summed E-state index contributed by atoms with van der Waals surface area (Å²) in [6.07, 6.45) is 4.20. The smallest absolute Gasteiger partial charge is 0.341 e. The molecular formula is C22H26N2O5. The lowest BCUT2D eigenvalue weighted by atomic mass is 10.1. The molecule has 7 heteroatoms. The van der Waals surface area contributed by atoms with Crippen molar-refractivity contribution < 1.29 is 24.2 Å². The third kappa shape index (κ3) is 5.47. The largest absolute Gasteiger partial charge is 0.481 e. The molecule has 29 heavy (non-hydrogen) atoms. The highest BCUT2D eigenvalue weighted by molar-refractivity contribution is 6.04. The average Bonchev–Trinajstić information content (AvgIpc) is 3.22. The van der Waals surface area contributed by atoms with Crippen molar-refractivity contribution in [1.29, 1.82) is 0 Å². The molecule has 1 unspecified atom stereocenters. The van der Waals surface area contributed by atoms with Crippen molar-refractivity contribution in [3.05, 3.63) is 36.4 Å². The number of hydrogen-bond acceptors (Lipinski definition) is 4. The maximum atomic E-state index is 12.5. The molecule has 0 heterocycles. The van der Waals surface area contributed by atoms with Gasteiger partial charge in [0, 0.05) is 34.8 Å². The summed E-state index contributed by atoms with van der Waals surface area (Å²) >= 11 is 0. The van der Waals surface area contributed by atoms with E-state index < -0.39 is 12.6 Å². The number of benzene rings is 2. The summed E-state index contributed by atoms with van der Waals surface area (Å²) in [5.41, 5.74) is 0.614. The van der Waals surface area contributed by atoms with Crippen LogP contribution in [0.1, 0.15) is 39.0 Å². The molecule has 2 aromatic carbocycles. The minimum Gasteiger partial charge on any atom is -0.481 e. The van der Waals surface area contributed by atoms with Crippen molar-refractivity contribution >= 4 is 34.2 Å². The summed E-state index contributed by atoms with van der Waals surface area (Å²) in [6.45, 7) is 1.39. The molecule has 3 N–H and O–H groups in total. The van der Waals surface area contributed by atoms with Crippen molar-refractivity contribution in [2.45, 2.75) is 45.1 Å². The van der Waals surface area contributed by atoms with Gasteiger partial charge in [0.1, 0.15) is 5.75 Å². The van der Waals surface area contributed by atoms with Crippen LogP contribution < -0.4 is 15.4 Å². The highest BCUT2D eigenvalue weighted by atomic mass is 16.5. The average molecular weight is 398 g/mol. The molecule has 2 aromatic rings. The molecule has 154 valence electrons. The van der Waals surface area contributed by atoms with E-state index in [2.05, 4.69) is 10.6 Å². The van der Waals surface area contributed by atoms with E-state index in [-0.39, 0.29) is 30.2 Å². The Morgan fingerprint density at radius 3 is 2.48 bits per heavy atom. The lowest BCUT2D eigenvalue weighted by Crippen LogP contribution is -2.38. The van der Waals surface area contributed by atoms with Crippen molar-refractivity contribution in [3.63, 3.8) is 0 Å². The Bertz CT molecular complexity index is 905. The molecule has 0 bridgehead atoms. The van der Waals surface area contributed by atoms with Gasteiger partial charge < -0.3 is 20.5 Å². The van der Waals surface area contributed by atoms with Crippen LogP contribution in [0.25, 0.3) is 10.8 Å². The summed E-state index contributed by atoms with van der Waals surface area (Å²) in [7, 11) is 0. The van der Waals surface area contributed by atoms with Gasteiger partial charge in [-0.3, -0.25) is 9.59 Å². The number of carboxylic acids is 1. The Labute approximate surface area is 169 Å². The number of fused-ring (bicyclic) bond motifs is 1. The van der Waals surface area contributed by atoms with Crippen LogP contribution in [0.15, 0.2) is 36.4 Å². The van der Waals surface area contributed by atoms with Gasteiger partial charge in [0.15, 0.2) is 6.61 Å². The third-order valence-corrected chi connectivity index (χ3v) is 5.12. The zero-order chi connectivity index (χ0) is 20.8. The van der Waals surface area contributed by atoms with Crippen LogP contribution in [0.2, 0.25) is 0 Å². The molecule has 0 radical (unpaired) electrons. The molecule has 1 fully saturated rings. The zero-order valence-electron chi connectivity index (χ0n) is 16.4. The molecular weight excluding hydrogens is 372 g/mol. The lowest BCUT2D eigenvalue weighted by molar-refractivity contribution is -0.139. The fraction of sp³-hybridized carbons (Fsp3) is 0.409.